The summed E-state index contributed by atoms with van der Waals surface area (Å²) in [6.07, 6.45) is 4.52. The van der Waals surface area contributed by atoms with Crippen LogP contribution in [0.25, 0.3) is 5.82 Å². The van der Waals surface area contributed by atoms with Crippen molar-refractivity contribution < 1.29 is 18.0 Å². The lowest BCUT2D eigenvalue weighted by Gasteiger charge is -2.07. The number of halogens is 3. The number of benzene rings is 1. The molecule has 0 fully saturated rings. The average Bonchev–Trinajstić information content (AvgIpc) is 3.10. The van der Waals surface area contributed by atoms with Gasteiger partial charge in [-0.05, 0) is 30.3 Å². The monoisotopic (exact) mass is 318 g/mol. The van der Waals surface area contributed by atoms with Crippen molar-refractivity contribution in [3.63, 3.8) is 0 Å². The molecule has 23 heavy (non-hydrogen) atoms. The van der Waals surface area contributed by atoms with Gasteiger partial charge in [-0.15, -0.1) is 0 Å². The summed E-state index contributed by atoms with van der Waals surface area (Å²) in [5.74, 6) is -4.64. The van der Waals surface area contributed by atoms with Crippen LogP contribution in [-0.4, -0.2) is 20.7 Å². The SMILES string of the molecule is O=C(Nc1ccc(F)c(F)c1F)c1ccc(-n2cccn2)nc1. The molecule has 5 nitrogen and oxygen atoms in total. The smallest absolute Gasteiger partial charge is 0.257 e. The Morgan fingerprint density at radius 3 is 2.57 bits per heavy atom. The van der Waals surface area contributed by atoms with Crippen molar-refractivity contribution in [2.24, 2.45) is 0 Å². The molecule has 8 heteroatoms. The molecule has 0 aliphatic rings. The van der Waals surface area contributed by atoms with Crippen LogP contribution >= 0.6 is 0 Å². The second-order valence-corrected chi connectivity index (χ2v) is 4.53. The van der Waals surface area contributed by atoms with Crippen molar-refractivity contribution in [3.05, 3.63) is 71.9 Å². The summed E-state index contributed by atoms with van der Waals surface area (Å²) in [4.78, 5) is 16.1. The van der Waals surface area contributed by atoms with Gasteiger partial charge in [0.1, 0.15) is 0 Å². The number of rotatable bonds is 3. The van der Waals surface area contributed by atoms with Crippen LogP contribution in [0.3, 0.4) is 0 Å². The Morgan fingerprint density at radius 1 is 1.09 bits per heavy atom. The topological polar surface area (TPSA) is 59.8 Å². The first-order chi connectivity index (χ1) is 11.1. The Labute approximate surface area is 128 Å². The first kappa shape index (κ1) is 14.8. The van der Waals surface area contributed by atoms with Crippen LogP contribution in [0.2, 0.25) is 0 Å². The Morgan fingerprint density at radius 2 is 1.91 bits per heavy atom. The van der Waals surface area contributed by atoms with Crippen molar-refractivity contribution in [1.82, 2.24) is 14.8 Å². The standard InChI is InChI=1S/C15H9F3N4O/c16-10-3-4-11(14(18)13(10)17)21-15(23)9-2-5-12(19-8-9)22-7-1-6-20-22/h1-8H,(H,21,23). The molecule has 116 valence electrons. The second-order valence-electron chi connectivity index (χ2n) is 4.53. The summed E-state index contributed by atoms with van der Waals surface area (Å²) in [7, 11) is 0. The van der Waals surface area contributed by atoms with Crippen LogP contribution in [-0.2, 0) is 0 Å². The Hall–Kier alpha value is -3.16. The normalized spacial score (nSPS) is 10.6. The number of pyridine rings is 1. The highest BCUT2D eigenvalue weighted by molar-refractivity contribution is 6.04. The van der Waals surface area contributed by atoms with E-state index < -0.39 is 29.0 Å². The number of amides is 1. The first-order valence-corrected chi connectivity index (χ1v) is 6.47. The predicted octanol–water partition coefficient (Wildman–Crippen LogP) is 2.94. The summed E-state index contributed by atoms with van der Waals surface area (Å²) < 4.78 is 41.0. The fourth-order valence-corrected chi connectivity index (χ4v) is 1.88. The molecule has 1 N–H and O–H groups in total. The number of carbonyl (C=O) groups is 1. The summed E-state index contributed by atoms with van der Waals surface area (Å²) in [5.41, 5.74) is -0.324. The summed E-state index contributed by atoms with van der Waals surface area (Å²) >= 11 is 0. The lowest BCUT2D eigenvalue weighted by molar-refractivity contribution is 0.102. The van der Waals surface area contributed by atoms with Gasteiger partial charge in [-0.2, -0.15) is 5.10 Å². The van der Waals surface area contributed by atoms with Crippen molar-refractivity contribution >= 4 is 11.6 Å². The van der Waals surface area contributed by atoms with Gasteiger partial charge in [-0.25, -0.2) is 22.8 Å². The van der Waals surface area contributed by atoms with Crippen molar-refractivity contribution in [3.8, 4) is 5.82 Å². The molecule has 2 aromatic heterocycles. The average molecular weight is 318 g/mol. The molecule has 0 bridgehead atoms. The molecule has 3 aromatic rings. The molecule has 0 aliphatic carbocycles. The van der Waals surface area contributed by atoms with Gasteiger partial charge < -0.3 is 5.32 Å². The fraction of sp³-hybridized carbons (Fsp3) is 0. The van der Waals surface area contributed by atoms with Gasteiger partial charge in [0.2, 0.25) is 0 Å². The molecule has 0 saturated carbocycles. The summed E-state index contributed by atoms with van der Waals surface area (Å²) in [5, 5.41) is 6.15. The van der Waals surface area contributed by atoms with E-state index in [4.69, 9.17) is 0 Å². The van der Waals surface area contributed by atoms with Gasteiger partial charge in [0.15, 0.2) is 23.3 Å². The Kier molecular flexibility index (Phi) is 3.80. The highest BCUT2D eigenvalue weighted by Gasteiger charge is 2.16. The zero-order valence-electron chi connectivity index (χ0n) is 11.5. The van der Waals surface area contributed by atoms with Gasteiger partial charge in [-0.3, -0.25) is 4.79 Å². The summed E-state index contributed by atoms with van der Waals surface area (Å²) in [6, 6.07) is 6.39. The number of nitrogens with zero attached hydrogens (tertiary/aromatic N) is 3. The van der Waals surface area contributed by atoms with Crippen molar-refractivity contribution in [2.75, 3.05) is 5.32 Å². The van der Waals surface area contributed by atoms with E-state index in [2.05, 4.69) is 15.4 Å². The van der Waals surface area contributed by atoms with Crippen LogP contribution in [0.1, 0.15) is 10.4 Å². The van der Waals surface area contributed by atoms with E-state index in [0.29, 0.717) is 5.82 Å². The minimum absolute atomic E-state index is 0.130. The molecule has 0 saturated heterocycles. The minimum Gasteiger partial charge on any atom is -0.319 e. The van der Waals surface area contributed by atoms with Gasteiger partial charge in [-0.1, -0.05) is 0 Å². The van der Waals surface area contributed by atoms with E-state index >= 15 is 0 Å². The van der Waals surface area contributed by atoms with E-state index in [1.807, 2.05) is 0 Å². The number of aromatic nitrogens is 3. The predicted molar refractivity (Wildman–Crippen MR) is 75.6 cm³/mol. The highest BCUT2D eigenvalue weighted by atomic mass is 19.2. The third kappa shape index (κ3) is 2.91. The molecule has 0 radical (unpaired) electrons. The van der Waals surface area contributed by atoms with E-state index in [0.717, 1.165) is 12.1 Å². The molecule has 0 atom stereocenters. The third-order valence-electron chi connectivity index (χ3n) is 3.03. The van der Waals surface area contributed by atoms with E-state index in [1.165, 1.54) is 16.9 Å². The number of nitrogens with one attached hydrogen (secondary N) is 1. The molecule has 3 rings (SSSR count). The third-order valence-corrected chi connectivity index (χ3v) is 3.03. The van der Waals surface area contributed by atoms with Crippen LogP contribution in [0, 0.1) is 17.5 Å². The van der Waals surface area contributed by atoms with Gasteiger partial charge in [0.25, 0.3) is 5.91 Å². The van der Waals surface area contributed by atoms with Crippen molar-refractivity contribution in [2.45, 2.75) is 0 Å². The van der Waals surface area contributed by atoms with Crippen LogP contribution < -0.4 is 5.32 Å². The maximum Gasteiger partial charge on any atom is 0.257 e. The van der Waals surface area contributed by atoms with Crippen molar-refractivity contribution in [1.29, 1.82) is 0 Å². The molecule has 0 spiro atoms. The van der Waals surface area contributed by atoms with Gasteiger partial charge in [0, 0.05) is 18.6 Å². The molecule has 1 amide bonds. The highest BCUT2D eigenvalue weighted by Crippen LogP contribution is 2.20. The number of hydrogen-bond donors (Lipinski definition) is 1. The largest absolute Gasteiger partial charge is 0.319 e. The van der Waals surface area contributed by atoms with E-state index in [9.17, 15) is 18.0 Å². The number of anilines is 1. The molecule has 0 aliphatic heterocycles. The van der Waals surface area contributed by atoms with Crippen LogP contribution in [0.4, 0.5) is 18.9 Å². The number of hydrogen-bond acceptors (Lipinski definition) is 3. The minimum atomic E-state index is -1.64. The molecule has 2 heterocycles. The lowest BCUT2D eigenvalue weighted by atomic mass is 10.2. The molecular weight excluding hydrogens is 309 g/mol. The zero-order chi connectivity index (χ0) is 16.4. The maximum atomic E-state index is 13.5. The maximum absolute atomic E-state index is 13.5. The van der Waals surface area contributed by atoms with Crippen LogP contribution in [0.15, 0.2) is 48.9 Å². The molecule has 0 unspecified atom stereocenters. The van der Waals surface area contributed by atoms with E-state index in [1.54, 1.807) is 24.5 Å². The van der Waals surface area contributed by atoms with Gasteiger partial charge >= 0.3 is 0 Å². The fourth-order valence-electron chi connectivity index (χ4n) is 1.88. The Balaban J connectivity index is 1.80. The summed E-state index contributed by atoms with van der Waals surface area (Å²) in [6.45, 7) is 0. The molecule has 1 aromatic carbocycles. The molecular formula is C15H9F3N4O. The van der Waals surface area contributed by atoms with Crippen LogP contribution in [0.5, 0.6) is 0 Å². The Bertz CT molecular complexity index is 848. The first-order valence-electron chi connectivity index (χ1n) is 6.47. The quantitative estimate of drug-likeness (QED) is 0.755. The zero-order valence-corrected chi connectivity index (χ0v) is 11.5. The van der Waals surface area contributed by atoms with E-state index in [-0.39, 0.29) is 5.56 Å². The second kappa shape index (κ2) is 5.91. The number of carbonyl (C=O) groups excluding carboxylic acids is 1. The van der Waals surface area contributed by atoms with Gasteiger partial charge in [0.05, 0.1) is 11.3 Å². The lowest BCUT2D eigenvalue weighted by Crippen LogP contribution is -2.14.